The van der Waals surface area contributed by atoms with E-state index in [0.717, 1.165) is 29.4 Å². The minimum atomic E-state index is 0.267. The predicted octanol–water partition coefficient (Wildman–Crippen LogP) is 3.04. The van der Waals surface area contributed by atoms with Crippen LogP contribution in [0.15, 0.2) is 30.5 Å². The lowest BCUT2D eigenvalue weighted by molar-refractivity contribution is 0.182. The summed E-state index contributed by atoms with van der Waals surface area (Å²) in [6, 6.07) is 8.28. The Labute approximate surface area is 114 Å². The van der Waals surface area contributed by atoms with Crippen LogP contribution in [0, 0.1) is 0 Å². The average molecular weight is 259 g/mol. The highest BCUT2D eigenvalue weighted by Gasteiger charge is 2.12. The normalized spacial score (nSPS) is 12.5. The van der Waals surface area contributed by atoms with E-state index in [1.54, 1.807) is 13.3 Å². The summed E-state index contributed by atoms with van der Waals surface area (Å²) in [5.74, 6) is 0. The first-order chi connectivity index (χ1) is 9.26. The third kappa shape index (κ3) is 3.15. The van der Waals surface area contributed by atoms with Gasteiger partial charge < -0.3 is 15.8 Å². The molecule has 0 aliphatic rings. The van der Waals surface area contributed by atoms with Crippen LogP contribution in [-0.4, -0.2) is 24.7 Å². The van der Waals surface area contributed by atoms with Crippen molar-refractivity contribution in [1.82, 2.24) is 4.98 Å². The molecule has 0 aliphatic carbocycles. The lowest BCUT2D eigenvalue weighted by Gasteiger charge is -2.20. The quantitative estimate of drug-likeness (QED) is 0.837. The molecule has 0 radical (unpaired) electrons. The smallest absolute Gasteiger partial charge is 0.0743 e. The summed E-state index contributed by atoms with van der Waals surface area (Å²) < 4.78 is 5.26. The third-order valence-corrected chi connectivity index (χ3v) is 3.16. The van der Waals surface area contributed by atoms with E-state index in [9.17, 15) is 0 Å². The highest BCUT2D eigenvalue weighted by Crippen LogP contribution is 2.28. The number of hydrogen-bond acceptors (Lipinski definition) is 4. The van der Waals surface area contributed by atoms with Crippen LogP contribution >= 0.6 is 0 Å². The molecule has 0 aliphatic heterocycles. The van der Waals surface area contributed by atoms with Crippen molar-refractivity contribution in [3.63, 3.8) is 0 Å². The molecular weight excluding hydrogens is 238 g/mol. The molecule has 0 bridgehead atoms. The number of nitrogens with two attached hydrogens (primary N) is 1. The van der Waals surface area contributed by atoms with Gasteiger partial charge in [0.25, 0.3) is 0 Å². The minimum Gasteiger partial charge on any atom is -0.396 e. The fourth-order valence-electron chi connectivity index (χ4n) is 2.27. The summed E-state index contributed by atoms with van der Waals surface area (Å²) >= 11 is 0. The number of ether oxygens (including phenoxy) is 1. The Morgan fingerprint density at radius 2 is 2.16 bits per heavy atom. The van der Waals surface area contributed by atoms with Gasteiger partial charge in [0.15, 0.2) is 0 Å². The van der Waals surface area contributed by atoms with Crippen molar-refractivity contribution in [2.45, 2.75) is 25.8 Å². The second-order valence-corrected chi connectivity index (χ2v) is 4.69. The van der Waals surface area contributed by atoms with Gasteiger partial charge in [-0.05, 0) is 12.5 Å². The highest BCUT2D eigenvalue weighted by molar-refractivity contribution is 5.96. The molecule has 0 fully saturated rings. The Morgan fingerprint density at radius 3 is 2.89 bits per heavy atom. The number of para-hydroxylation sites is 1. The van der Waals surface area contributed by atoms with Gasteiger partial charge in [-0.3, -0.25) is 4.98 Å². The lowest BCUT2D eigenvalue weighted by atomic mass is 10.1. The topological polar surface area (TPSA) is 60.2 Å². The van der Waals surface area contributed by atoms with Gasteiger partial charge in [-0.15, -0.1) is 0 Å². The van der Waals surface area contributed by atoms with E-state index in [1.807, 2.05) is 24.3 Å². The monoisotopic (exact) mass is 259 g/mol. The van der Waals surface area contributed by atoms with E-state index < -0.39 is 0 Å². The zero-order valence-corrected chi connectivity index (χ0v) is 11.5. The maximum atomic E-state index is 6.06. The average Bonchev–Trinajstić information content (AvgIpc) is 2.42. The maximum absolute atomic E-state index is 6.06. The molecule has 1 unspecified atom stereocenters. The van der Waals surface area contributed by atoms with Crippen molar-refractivity contribution in [2.75, 3.05) is 24.8 Å². The molecule has 19 heavy (non-hydrogen) atoms. The van der Waals surface area contributed by atoms with E-state index in [4.69, 9.17) is 10.5 Å². The van der Waals surface area contributed by atoms with Crippen molar-refractivity contribution in [1.29, 1.82) is 0 Å². The van der Waals surface area contributed by atoms with Crippen LogP contribution in [-0.2, 0) is 4.74 Å². The second kappa shape index (κ2) is 6.38. The molecule has 3 N–H and O–H groups in total. The fourth-order valence-corrected chi connectivity index (χ4v) is 2.27. The maximum Gasteiger partial charge on any atom is 0.0743 e. The van der Waals surface area contributed by atoms with Crippen LogP contribution in [0.3, 0.4) is 0 Å². The van der Waals surface area contributed by atoms with E-state index in [0.29, 0.717) is 12.3 Å². The molecule has 2 rings (SSSR count). The second-order valence-electron chi connectivity index (χ2n) is 4.69. The summed E-state index contributed by atoms with van der Waals surface area (Å²) in [7, 11) is 1.72. The van der Waals surface area contributed by atoms with E-state index in [-0.39, 0.29) is 6.04 Å². The lowest BCUT2D eigenvalue weighted by Crippen LogP contribution is -2.25. The number of rotatable bonds is 6. The van der Waals surface area contributed by atoms with Crippen molar-refractivity contribution >= 4 is 22.3 Å². The summed E-state index contributed by atoms with van der Waals surface area (Å²) in [5, 5.41) is 4.56. The van der Waals surface area contributed by atoms with Gasteiger partial charge in [0, 0.05) is 18.5 Å². The highest BCUT2D eigenvalue weighted by atomic mass is 16.5. The number of anilines is 2. The van der Waals surface area contributed by atoms with Gasteiger partial charge in [0.05, 0.1) is 29.7 Å². The molecule has 1 atom stereocenters. The zero-order chi connectivity index (χ0) is 13.7. The predicted molar refractivity (Wildman–Crippen MR) is 80.4 cm³/mol. The summed E-state index contributed by atoms with van der Waals surface area (Å²) in [6.45, 7) is 2.84. The van der Waals surface area contributed by atoms with Crippen molar-refractivity contribution < 1.29 is 4.74 Å². The number of nitrogens with zero attached hydrogens (tertiary/aromatic N) is 1. The molecule has 0 spiro atoms. The Morgan fingerprint density at radius 1 is 1.37 bits per heavy atom. The van der Waals surface area contributed by atoms with Crippen molar-refractivity contribution in [3.8, 4) is 0 Å². The number of nitrogens with one attached hydrogen (secondary N) is 1. The van der Waals surface area contributed by atoms with Gasteiger partial charge in [-0.1, -0.05) is 31.5 Å². The molecule has 1 aromatic heterocycles. The molecule has 0 saturated carbocycles. The Hall–Kier alpha value is -1.81. The van der Waals surface area contributed by atoms with Crippen LogP contribution in [0.4, 0.5) is 11.4 Å². The minimum absolute atomic E-state index is 0.267. The van der Waals surface area contributed by atoms with Crippen LogP contribution in [0.5, 0.6) is 0 Å². The third-order valence-electron chi connectivity index (χ3n) is 3.16. The summed E-state index contributed by atoms with van der Waals surface area (Å²) in [4.78, 5) is 4.34. The summed E-state index contributed by atoms with van der Waals surface area (Å²) in [5.41, 5.74) is 8.65. The molecule has 4 heteroatoms. The Balaban J connectivity index is 2.34. The summed E-state index contributed by atoms with van der Waals surface area (Å²) in [6.07, 6.45) is 3.86. The molecule has 102 valence electrons. The Bertz CT molecular complexity index is 536. The molecular formula is C15H21N3O. The van der Waals surface area contributed by atoms with Crippen molar-refractivity contribution in [3.05, 3.63) is 30.5 Å². The first-order valence-corrected chi connectivity index (χ1v) is 6.65. The van der Waals surface area contributed by atoms with E-state index in [1.165, 1.54) is 0 Å². The van der Waals surface area contributed by atoms with E-state index >= 15 is 0 Å². The van der Waals surface area contributed by atoms with Gasteiger partial charge in [0.2, 0.25) is 0 Å². The zero-order valence-electron chi connectivity index (χ0n) is 11.5. The molecule has 1 heterocycles. The first-order valence-electron chi connectivity index (χ1n) is 6.65. The van der Waals surface area contributed by atoms with Crippen LogP contribution < -0.4 is 11.1 Å². The number of aromatic nitrogens is 1. The standard InChI is InChI=1S/C15H21N3O/c1-3-6-11(10-19-2)18-15-12-7-4-5-8-14(12)17-9-13(15)16/h4-5,7-9,11H,3,6,10,16H2,1-2H3,(H,17,18). The van der Waals surface area contributed by atoms with Gasteiger partial charge in [-0.2, -0.15) is 0 Å². The SMILES string of the molecule is CCCC(COC)Nc1c(N)cnc2ccccc12. The number of hydrogen-bond donors (Lipinski definition) is 2. The molecule has 0 amide bonds. The Kier molecular flexibility index (Phi) is 4.58. The molecule has 4 nitrogen and oxygen atoms in total. The van der Waals surface area contributed by atoms with Crippen LogP contribution in [0.25, 0.3) is 10.9 Å². The number of fused-ring (bicyclic) bond motifs is 1. The van der Waals surface area contributed by atoms with Crippen LogP contribution in [0.1, 0.15) is 19.8 Å². The molecule has 0 saturated heterocycles. The molecule has 2 aromatic rings. The van der Waals surface area contributed by atoms with Crippen LogP contribution in [0.2, 0.25) is 0 Å². The number of pyridine rings is 1. The van der Waals surface area contributed by atoms with Gasteiger partial charge in [0.1, 0.15) is 0 Å². The van der Waals surface area contributed by atoms with Gasteiger partial charge >= 0.3 is 0 Å². The number of methoxy groups -OCH3 is 1. The first kappa shape index (κ1) is 13.6. The number of benzene rings is 1. The van der Waals surface area contributed by atoms with Gasteiger partial charge in [-0.25, -0.2) is 0 Å². The van der Waals surface area contributed by atoms with E-state index in [2.05, 4.69) is 17.2 Å². The largest absolute Gasteiger partial charge is 0.396 e. The number of nitrogen functional groups attached to an aromatic ring is 1. The fraction of sp³-hybridized carbons (Fsp3) is 0.400. The van der Waals surface area contributed by atoms with Crippen molar-refractivity contribution in [2.24, 2.45) is 0 Å². The molecule has 1 aromatic carbocycles.